The normalized spacial score (nSPS) is 9.62. The Kier molecular flexibility index (Phi) is 3.28. The first kappa shape index (κ1) is 9.54. The van der Waals surface area contributed by atoms with Crippen molar-refractivity contribution in [3.8, 4) is 0 Å². The number of hydrazine groups is 1. The van der Waals surface area contributed by atoms with Gasteiger partial charge in [0.05, 0.1) is 12.1 Å². The minimum absolute atomic E-state index is 0.0326. The van der Waals surface area contributed by atoms with Crippen LogP contribution in [-0.2, 0) is 11.2 Å². The van der Waals surface area contributed by atoms with Gasteiger partial charge in [0.2, 0.25) is 0 Å². The van der Waals surface area contributed by atoms with Gasteiger partial charge < -0.3 is 10.5 Å². The molecule has 0 saturated carbocycles. The first-order chi connectivity index (χ1) is 6.24. The molecule has 0 aliphatic heterocycles. The lowest BCUT2D eigenvalue weighted by Gasteiger charge is -2.08. The molecular weight excluding hydrogens is 168 g/mol. The number of hydrogen-bond acceptors (Lipinski definition) is 3. The zero-order chi connectivity index (χ0) is 9.68. The molecule has 4 heteroatoms. The molecule has 0 spiro atoms. The molecule has 70 valence electrons. The lowest BCUT2D eigenvalue weighted by Crippen LogP contribution is -2.17. The molecule has 0 aliphatic carbocycles. The molecule has 0 heterocycles. The fraction of sp³-hybridized carbons (Fsp3) is 0.222. The third-order valence-corrected chi connectivity index (χ3v) is 1.62. The van der Waals surface area contributed by atoms with Crippen molar-refractivity contribution in [2.24, 2.45) is 0 Å². The van der Waals surface area contributed by atoms with Gasteiger partial charge in [0, 0.05) is 7.05 Å². The highest BCUT2D eigenvalue weighted by molar-refractivity contribution is 5.73. The van der Waals surface area contributed by atoms with Crippen LogP contribution in [-0.4, -0.2) is 18.1 Å². The molecule has 13 heavy (non-hydrogen) atoms. The van der Waals surface area contributed by atoms with Gasteiger partial charge in [0.25, 0.3) is 0 Å². The number of carbonyl (C=O) groups is 1. The topological polar surface area (TPSA) is 61.4 Å². The molecule has 0 amide bonds. The summed E-state index contributed by atoms with van der Waals surface area (Å²) in [6, 6.07) is 7.28. The van der Waals surface area contributed by atoms with Gasteiger partial charge in [-0.2, -0.15) is 0 Å². The van der Waals surface area contributed by atoms with Crippen LogP contribution in [0.5, 0.6) is 0 Å². The maximum absolute atomic E-state index is 10.5. The molecule has 0 aliphatic rings. The van der Waals surface area contributed by atoms with Gasteiger partial charge in [-0.05, 0) is 11.6 Å². The summed E-state index contributed by atoms with van der Waals surface area (Å²) >= 11 is 0. The third kappa shape index (κ3) is 2.76. The van der Waals surface area contributed by atoms with Crippen molar-refractivity contribution in [2.45, 2.75) is 6.42 Å². The van der Waals surface area contributed by atoms with Crippen LogP contribution in [0.4, 0.5) is 5.69 Å². The summed E-state index contributed by atoms with van der Waals surface area (Å²) < 4.78 is 0. The Bertz CT molecular complexity index is 299. The lowest BCUT2D eigenvalue weighted by atomic mass is 10.1. The zero-order valence-corrected chi connectivity index (χ0v) is 7.37. The molecule has 3 N–H and O–H groups in total. The summed E-state index contributed by atoms with van der Waals surface area (Å²) in [7, 11) is 1.73. The maximum atomic E-state index is 10.5. The van der Waals surface area contributed by atoms with Crippen LogP contribution in [0, 0.1) is 0 Å². The van der Waals surface area contributed by atoms with E-state index < -0.39 is 5.97 Å². The number of nitrogens with one attached hydrogen (secondary N) is 2. The second kappa shape index (κ2) is 4.47. The molecule has 0 fully saturated rings. The molecule has 1 aromatic carbocycles. The minimum Gasteiger partial charge on any atom is -0.481 e. The van der Waals surface area contributed by atoms with E-state index in [0.29, 0.717) is 0 Å². The molecule has 4 nitrogen and oxygen atoms in total. The molecular formula is C9H12N2O2. The molecule has 1 rings (SSSR count). The number of rotatable bonds is 4. The van der Waals surface area contributed by atoms with Crippen LogP contribution >= 0.6 is 0 Å². The number of benzene rings is 1. The van der Waals surface area contributed by atoms with Crippen LogP contribution in [0.2, 0.25) is 0 Å². The summed E-state index contributed by atoms with van der Waals surface area (Å²) in [6.07, 6.45) is 0.0326. The van der Waals surface area contributed by atoms with E-state index in [1.54, 1.807) is 13.1 Å². The summed E-state index contributed by atoms with van der Waals surface area (Å²) in [6.45, 7) is 0. The Morgan fingerprint density at radius 2 is 2.15 bits per heavy atom. The Morgan fingerprint density at radius 3 is 2.77 bits per heavy atom. The average molecular weight is 180 g/mol. The number of hydrogen-bond donors (Lipinski definition) is 3. The Hall–Kier alpha value is -1.55. The van der Waals surface area contributed by atoms with E-state index in [9.17, 15) is 4.79 Å². The van der Waals surface area contributed by atoms with Crippen LogP contribution in [0.3, 0.4) is 0 Å². The smallest absolute Gasteiger partial charge is 0.307 e. The molecule has 1 aromatic rings. The standard InChI is InChI=1S/C9H12N2O2/c1-10-11-8-5-3-2-4-7(8)6-9(12)13/h2-5,10-11H,6H2,1H3,(H,12,13). The monoisotopic (exact) mass is 180 g/mol. The molecule has 0 unspecified atom stereocenters. The maximum Gasteiger partial charge on any atom is 0.307 e. The molecule has 0 aromatic heterocycles. The molecule has 0 saturated heterocycles. The van der Waals surface area contributed by atoms with Crippen LogP contribution in [0.15, 0.2) is 24.3 Å². The summed E-state index contributed by atoms with van der Waals surface area (Å²) in [5.74, 6) is -0.828. The van der Waals surface area contributed by atoms with Gasteiger partial charge in [0.1, 0.15) is 0 Å². The van der Waals surface area contributed by atoms with Crippen LogP contribution < -0.4 is 10.9 Å². The van der Waals surface area contributed by atoms with Gasteiger partial charge in [-0.15, -0.1) is 0 Å². The lowest BCUT2D eigenvalue weighted by molar-refractivity contribution is -0.136. The zero-order valence-electron chi connectivity index (χ0n) is 7.37. The van der Waals surface area contributed by atoms with E-state index in [-0.39, 0.29) is 6.42 Å². The van der Waals surface area contributed by atoms with E-state index in [1.165, 1.54) is 0 Å². The Balaban J connectivity index is 2.84. The second-order valence-corrected chi connectivity index (χ2v) is 2.60. The van der Waals surface area contributed by atoms with Crippen LogP contribution in [0.1, 0.15) is 5.56 Å². The first-order valence-corrected chi connectivity index (χ1v) is 3.96. The summed E-state index contributed by atoms with van der Waals surface area (Å²) in [5.41, 5.74) is 7.19. The molecule has 0 bridgehead atoms. The fourth-order valence-electron chi connectivity index (χ4n) is 1.09. The molecule has 0 atom stereocenters. The van der Waals surface area contributed by atoms with Gasteiger partial charge >= 0.3 is 5.97 Å². The van der Waals surface area contributed by atoms with Crippen molar-refractivity contribution in [3.05, 3.63) is 29.8 Å². The van der Waals surface area contributed by atoms with E-state index in [2.05, 4.69) is 10.9 Å². The Morgan fingerprint density at radius 1 is 1.46 bits per heavy atom. The predicted octanol–water partition coefficient (Wildman–Crippen LogP) is 0.860. The number of anilines is 1. The van der Waals surface area contributed by atoms with Crippen molar-refractivity contribution in [3.63, 3.8) is 0 Å². The van der Waals surface area contributed by atoms with Crippen LogP contribution in [0.25, 0.3) is 0 Å². The quantitative estimate of drug-likeness (QED) is 0.601. The average Bonchev–Trinajstić information content (AvgIpc) is 2.08. The van der Waals surface area contributed by atoms with E-state index >= 15 is 0 Å². The predicted molar refractivity (Wildman–Crippen MR) is 50.5 cm³/mol. The highest BCUT2D eigenvalue weighted by Gasteiger charge is 2.04. The van der Waals surface area contributed by atoms with Gasteiger partial charge in [0.15, 0.2) is 0 Å². The SMILES string of the molecule is CNNc1ccccc1CC(=O)O. The van der Waals surface area contributed by atoms with Crippen molar-refractivity contribution in [1.29, 1.82) is 0 Å². The summed E-state index contributed by atoms with van der Waals surface area (Å²) in [5, 5.41) is 8.61. The van der Waals surface area contributed by atoms with Crippen molar-refractivity contribution >= 4 is 11.7 Å². The highest BCUT2D eigenvalue weighted by atomic mass is 16.4. The Labute approximate surface area is 76.6 Å². The minimum atomic E-state index is -0.828. The largest absolute Gasteiger partial charge is 0.481 e. The van der Waals surface area contributed by atoms with E-state index in [1.807, 2.05) is 18.2 Å². The number of para-hydroxylation sites is 1. The van der Waals surface area contributed by atoms with Crippen molar-refractivity contribution in [2.75, 3.05) is 12.5 Å². The third-order valence-electron chi connectivity index (χ3n) is 1.62. The molecule has 0 radical (unpaired) electrons. The summed E-state index contributed by atoms with van der Waals surface area (Å²) in [4.78, 5) is 10.5. The van der Waals surface area contributed by atoms with E-state index in [4.69, 9.17) is 5.11 Å². The number of carboxylic acids is 1. The first-order valence-electron chi connectivity index (χ1n) is 3.96. The number of aliphatic carboxylic acids is 1. The second-order valence-electron chi connectivity index (χ2n) is 2.60. The number of carboxylic acid groups (broad SMARTS) is 1. The van der Waals surface area contributed by atoms with Crippen molar-refractivity contribution in [1.82, 2.24) is 5.43 Å². The van der Waals surface area contributed by atoms with Gasteiger partial charge in [-0.3, -0.25) is 4.79 Å². The van der Waals surface area contributed by atoms with Gasteiger partial charge in [-0.1, -0.05) is 18.2 Å². The van der Waals surface area contributed by atoms with Gasteiger partial charge in [-0.25, -0.2) is 5.43 Å². The fourth-order valence-corrected chi connectivity index (χ4v) is 1.09. The highest BCUT2D eigenvalue weighted by Crippen LogP contribution is 2.14. The van der Waals surface area contributed by atoms with Crippen molar-refractivity contribution < 1.29 is 9.90 Å². The van der Waals surface area contributed by atoms with E-state index in [0.717, 1.165) is 11.3 Å².